The van der Waals surface area contributed by atoms with Gasteiger partial charge in [0.05, 0.1) is 0 Å². The first-order valence-electron chi connectivity index (χ1n) is 8.37. The first kappa shape index (κ1) is 16.0. The van der Waals surface area contributed by atoms with Crippen LogP contribution in [0.4, 0.5) is 4.79 Å². The van der Waals surface area contributed by atoms with Crippen molar-refractivity contribution in [1.82, 2.24) is 10.0 Å². The number of aromatic hydroxyl groups is 2. The summed E-state index contributed by atoms with van der Waals surface area (Å²) in [5, 5.41) is 31.8. The highest BCUT2D eigenvalue weighted by Gasteiger charge is 2.44. The maximum Gasteiger partial charge on any atom is 0.432 e. The van der Waals surface area contributed by atoms with E-state index in [0.29, 0.717) is 6.54 Å². The average Bonchev–Trinajstić information content (AvgIpc) is 3.20. The van der Waals surface area contributed by atoms with Crippen molar-refractivity contribution >= 4 is 6.09 Å². The van der Waals surface area contributed by atoms with Crippen molar-refractivity contribution in [3.8, 4) is 11.8 Å². The van der Waals surface area contributed by atoms with Gasteiger partial charge in [0.2, 0.25) is 11.8 Å². The van der Waals surface area contributed by atoms with Gasteiger partial charge in [-0.3, -0.25) is 0 Å². The fraction of sp³-hybridized carbons (Fsp3) is 0.688. The lowest BCUT2D eigenvalue weighted by atomic mass is 9.95. The molecule has 0 radical (unpaired) electrons. The molecule has 3 rings (SSSR count). The van der Waals surface area contributed by atoms with Crippen molar-refractivity contribution in [2.75, 3.05) is 13.2 Å². The number of fused-ring (bicyclic) bond motifs is 5. The highest BCUT2D eigenvalue weighted by molar-refractivity contribution is 5.68. The first-order chi connectivity index (χ1) is 11.1. The molecule has 7 heteroatoms. The molecule has 1 fully saturated rings. The third-order valence-electron chi connectivity index (χ3n) is 4.93. The van der Waals surface area contributed by atoms with Crippen LogP contribution in [-0.2, 0) is 0 Å². The predicted molar refractivity (Wildman–Crippen MR) is 82.6 cm³/mol. The summed E-state index contributed by atoms with van der Waals surface area (Å²) in [7, 11) is 0. The molecule has 2 aliphatic carbocycles. The lowest BCUT2D eigenvalue weighted by Gasteiger charge is -2.10. The van der Waals surface area contributed by atoms with Crippen molar-refractivity contribution in [2.24, 2.45) is 0 Å². The van der Waals surface area contributed by atoms with E-state index in [0.717, 1.165) is 60.8 Å². The molecule has 2 bridgehead atoms. The van der Waals surface area contributed by atoms with Gasteiger partial charge in [-0.2, -0.15) is 0 Å². The highest BCUT2D eigenvalue weighted by atomic mass is 16.7. The zero-order valence-electron chi connectivity index (χ0n) is 13.1. The zero-order chi connectivity index (χ0) is 16.4. The largest absolute Gasteiger partial charge is 0.492 e. The number of unbranched alkanes of at least 4 members (excludes halogenated alkanes) is 3. The van der Waals surface area contributed by atoms with E-state index in [2.05, 4.69) is 5.32 Å². The molecule has 2 atom stereocenters. The van der Waals surface area contributed by atoms with Crippen molar-refractivity contribution in [3.63, 3.8) is 0 Å². The molecule has 2 aliphatic rings. The van der Waals surface area contributed by atoms with Crippen LogP contribution in [0.25, 0.3) is 0 Å². The number of aliphatic hydroxyl groups excluding tert-OH is 1. The molecule has 23 heavy (non-hydrogen) atoms. The third-order valence-corrected chi connectivity index (χ3v) is 4.93. The molecule has 0 saturated heterocycles. The Balaban J connectivity index is 1.54. The molecular weight excluding hydrogens is 300 g/mol. The van der Waals surface area contributed by atoms with Gasteiger partial charge >= 0.3 is 6.09 Å². The predicted octanol–water partition coefficient (Wildman–Crippen LogP) is 1.95. The molecule has 0 spiro atoms. The number of amides is 1. The van der Waals surface area contributed by atoms with E-state index < -0.39 is 6.09 Å². The second kappa shape index (κ2) is 6.70. The van der Waals surface area contributed by atoms with Gasteiger partial charge in [-0.05, 0) is 43.9 Å². The van der Waals surface area contributed by atoms with Gasteiger partial charge in [-0.15, -0.1) is 4.73 Å². The van der Waals surface area contributed by atoms with Gasteiger partial charge in [0, 0.05) is 24.3 Å². The van der Waals surface area contributed by atoms with E-state index in [1.54, 1.807) is 0 Å². The first-order valence-corrected chi connectivity index (χ1v) is 8.37. The van der Waals surface area contributed by atoms with E-state index >= 15 is 0 Å². The van der Waals surface area contributed by atoms with Gasteiger partial charge in [0.1, 0.15) is 0 Å². The Labute approximate surface area is 134 Å². The van der Waals surface area contributed by atoms with Gasteiger partial charge < -0.3 is 25.5 Å². The molecule has 7 nitrogen and oxygen atoms in total. The van der Waals surface area contributed by atoms with Gasteiger partial charge in [-0.1, -0.05) is 12.8 Å². The summed E-state index contributed by atoms with van der Waals surface area (Å²) < 4.78 is 0.843. The summed E-state index contributed by atoms with van der Waals surface area (Å²) in [6.45, 7) is 0.645. The Morgan fingerprint density at radius 2 is 1.70 bits per heavy atom. The summed E-state index contributed by atoms with van der Waals surface area (Å²) >= 11 is 0. The minimum atomic E-state index is -0.696. The Kier molecular flexibility index (Phi) is 4.66. The standard InChI is InChI=1S/C16H24N2O5/c19-8-4-2-1-3-7-17-16(22)23-18-14(20)12-10-5-6-11(9-10)13(12)15(18)21/h10-11,19-21H,1-9H2,(H,17,22). The summed E-state index contributed by atoms with van der Waals surface area (Å²) in [5.74, 6) is 0.228. The Bertz CT molecular complexity index is 550. The van der Waals surface area contributed by atoms with Gasteiger partial charge in [0.15, 0.2) is 0 Å². The molecular formula is C16H24N2O5. The monoisotopic (exact) mass is 324 g/mol. The van der Waals surface area contributed by atoms with E-state index in [9.17, 15) is 15.0 Å². The molecule has 1 aromatic rings. The molecule has 0 aliphatic heterocycles. The fourth-order valence-corrected chi connectivity index (χ4v) is 3.85. The number of aliphatic hydroxyl groups is 1. The van der Waals surface area contributed by atoms with Crippen molar-refractivity contribution < 1.29 is 25.0 Å². The number of hydrogen-bond acceptors (Lipinski definition) is 5. The van der Waals surface area contributed by atoms with Crippen LogP contribution >= 0.6 is 0 Å². The van der Waals surface area contributed by atoms with Crippen molar-refractivity contribution in [1.29, 1.82) is 0 Å². The lowest BCUT2D eigenvalue weighted by molar-refractivity contribution is 0.107. The maximum absolute atomic E-state index is 11.8. The lowest BCUT2D eigenvalue weighted by Crippen LogP contribution is -2.32. The number of nitrogens with zero attached hydrogens (tertiary/aromatic N) is 1. The van der Waals surface area contributed by atoms with Crippen LogP contribution in [0.1, 0.15) is 67.9 Å². The topological polar surface area (TPSA) is 104 Å². The summed E-state index contributed by atoms with van der Waals surface area (Å²) in [6, 6.07) is 0. The van der Waals surface area contributed by atoms with Crippen LogP contribution < -0.4 is 10.2 Å². The molecule has 128 valence electrons. The normalized spacial score (nSPS) is 21.4. The van der Waals surface area contributed by atoms with Crippen LogP contribution in [0.3, 0.4) is 0 Å². The Morgan fingerprint density at radius 1 is 1.09 bits per heavy atom. The fourth-order valence-electron chi connectivity index (χ4n) is 3.85. The molecule has 1 saturated carbocycles. The van der Waals surface area contributed by atoms with Crippen LogP contribution in [0.15, 0.2) is 0 Å². The van der Waals surface area contributed by atoms with Crippen LogP contribution in [0, 0.1) is 0 Å². The highest BCUT2D eigenvalue weighted by Crippen LogP contribution is 2.59. The number of aromatic nitrogens is 1. The molecule has 4 N–H and O–H groups in total. The van der Waals surface area contributed by atoms with Crippen LogP contribution in [-0.4, -0.2) is 39.3 Å². The maximum atomic E-state index is 11.8. The smallest absolute Gasteiger partial charge is 0.432 e. The second-order valence-electron chi connectivity index (χ2n) is 6.42. The molecule has 2 unspecified atom stereocenters. The molecule has 1 amide bonds. The van der Waals surface area contributed by atoms with Crippen molar-refractivity contribution in [3.05, 3.63) is 11.1 Å². The van der Waals surface area contributed by atoms with E-state index in [1.807, 2.05) is 0 Å². The van der Waals surface area contributed by atoms with E-state index in [4.69, 9.17) is 9.94 Å². The molecule has 1 aromatic heterocycles. The molecule has 1 heterocycles. The average molecular weight is 324 g/mol. The Morgan fingerprint density at radius 3 is 2.30 bits per heavy atom. The number of nitrogens with one attached hydrogen (secondary N) is 1. The second-order valence-corrected chi connectivity index (χ2v) is 6.42. The number of rotatable bonds is 7. The Hall–Kier alpha value is -1.89. The minimum absolute atomic E-state index is 0.150. The number of hydrogen-bond donors (Lipinski definition) is 4. The summed E-state index contributed by atoms with van der Waals surface area (Å²) in [5.41, 5.74) is 1.49. The molecule has 0 aromatic carbocycles. The van der Waals surface area contributed by atoms with E-state index in [-0.39, 0.29) is 30.2 Å². The number of carbonyl (C=O) groups is 1. The van der Waals surface area contributed by atoms with Gasteiger partial charge in [-0.25, -0.2) is 4.79 Å². The SMILES string of the molecule is O=C(NCCCCCCO)On1c(O)c2c(c1O)C1CCC2C1. The van der Waals surface area contributed by atoms with Crippen molar-refractivity contribution in [2.45, 2.75) is 56.8 Å². The third kappa shape index (κ3) is 2.97. The minimum Gasteiger partial charge on any atom is -0.492 e. The van der Waals surface area contributed by atoms with E-state index in [1.165, 1.54) is 0 Å². The van der Waals surface area contributed by atoms with Gasteiger partial charge in [0.25, 0.3) is 0 Å². The summed E-state index contributed by atoms with van der Waals surface area (Å²) in [6.07, 6.45) is 5.68. The zero-order valence-corrected chi connectivity index (χ0v) is 13.1. The summed E-state index contributed by atoms with van der Waals surface area (Å²) in [4.78, 5) is 16.8. The quantitative estimate of drug-likeness (QED) is 0.574. The number of carbonyl (C=O) groups excluding carboxylic acids is 1. The van der Waals surface area contributed by atoms with Crippen LogP contribution in [0.2, 0.25) is 0 Å². The van der Waals surface area contributed by atoms with Crippen LogP contribution in [0.5, 0.6) is 11.8 Å².